The molecule has 144 valence electrons. The van der Waals surface area contributed by atoms with Crippen LogP contribution in [0, 0.1) is 11.3 Å². The average Bonchev–Trinajstić information content (AvgIpc) is 3.17. The minimum Gasteiger partial charge on any atom is -0.462 e. The first-order valence-electron chi connectivity index (χ1n) is 8.81. The molecule has 0 unspecified atom stereocenters. The largest absolute Gasteiger partial charge is 0.462 e. The van der Waals surface area contributed by atoms with Crippen LogP contribution in [0.25, 0.3) is 17.2 Å². The first kappa shape index (κ1) is 20.0. The third-order valence-corrected chi connectivity index (χ3v) is 4.84. The molecule has 1 N–H and O–H groups in total. The second-order valence-corrected chi connectivity index (χ2v) is 6.73. The van der Waals surface area contributed by atoms with Crippen LogP contribution in [0.5, 0.6) is 0 Å². The van der Waals surface area contributed by atoms with Gasteiger partial charge < -0.3 is 10.1 Å². The molecule has 0 spiro atoms. The lowest BCUT2D eigenvalue weighted by atomic mass is 10.0. The van der Waals surface area contributed by atoms with Crippen molar-refractivity contribution < 1.29 is 14.3 Å². The summed E-state index contributed by atoms with van der Waals surface area (Å²) in [4.78, 5) is 29.2. The Bertz CT molecular complexity index is 1080. The summed E-state index contributed by atoms with van der Waals surface area (Å²) < 4.78 is 5.18. The highest BCUT2D eigenvalue weighted by molar-refractivity contribution is 7.15. The van der Waals surface area contributed by atoms with Crippen LogP contribution in [0.3, 0.4) is 0 Å². The van der Waals surface area contributed by atoms with E-state index >= 15 is 0 Å². The van der Waals surface area contributed by atoms with E-state index in [9.17, 15) is 14.9 Å². The van der Waals surface area contributed by atoms with Gasteiger partial charge >= 0.3 is 5.97 Å². The number of amides is 1. The summed E-state index contributed by atoms with van der Waals surface area (Å²) in [6, 6.07) is 14.7. The number of aromatic nitrogens is 1. The zero-order valence-corrected chi connectivity index (χ0v) is 16.4. The van der Waals surface area contributed by atoms with Crippen molar-refractivity contribution >= 4 is 34.3 Å². The van der Waals surface area contributed by atoms with Crippen LogP contribution in [-0.4, -0.2) is 23.5 Å². The minimum absolute atomic E-state index is 0.0949. The van der Waals surface area contributed by atoms with Gasteiger partial charge in [0.05, 0.1) is 6.61 Å². The maximum absolute atomic E-state index is 12.7. The van der Waals surface area contributed by atoms with Crippen LogP contribution in [0.2, 0.25) is 0 Å². The molecule has 0 atom stereocenters. The van der Waals surface area contributed by atoms with Crippen LogP contribution >= 0.6 is 11.3 Å². The SMILES string of the molecule is CCOC(=O)c1c(-c2ccccc2)csc1NC(=O)/C(C#N)=C/c1cccnc1. The number of nitrogens with one attached hydrogen (secondary N) is 1. The molecule has 0 fully saturated rings. The maximum Gasteiger partial charge on any atom is 0.341 e. The Balaban J connectivity index is 1.95. The number of pyridine rings is 1. The van der Waals surface area contributed by atoms with E-state index in [2.05, 4.69) is 10.3 Å². The number of esters is 1. The molecule has 6 nitrogen and oxygen atoms in total. The number of anilines is 1. The van der Waals surface area contributed by atoms with Gasteiger partial charge in [0.2, 0.25) is 0 Å². The quantitative estimate of drug-likeness (QED) is 0.371. The van der Waals surface area contributed by atoms with Gasteiger partial charge in [0.1, 0.15) is 22.2 Å². The van der Waals surface area contributed by atoms with Crippen molar-refractivity contribution in [2.45, 2.75) is 6.92 Å². The minimum atomic E-state index is -0.608. The number of hydrogen-bond acceptors (Lipinski definition) is 6. The molecule has 0 saturated heterocycles. The van der Waals surface area contributed by atoms with Gasteiger partial charge in [-0.25, -0.2) is 4.79 Å². The number of benzene rings is 1. The highest BCUT2D eigenvalue weighted by Gasteiger charge is 2.23. The first-order valence-corrected chi connectivity index (χ1v) is 9.69. The third-order valence-electron chi connectivity index (χ3n) is 3.94. The van der Waals surface area contributed by atoms with Crippen LogP contribution in [-0.2, 0) is 9.53 Å². The molecule has 1 aromatic carbocycles. The van der Waals surface area contributed by atoms with Gasteiger partial charge in [-0.3, -0.25) is 9.78 Å². The summed E-state index contributed by atoms with van der Waals surface area (Å²) in [5, 5.41) is 14.2. The van der Waals surface area contributed by atoms with Gasteiger partial charge in [-0.1, -0.05) is 36.4 Å². The number of rotatable bonds is 6. The molecular formula is C22H17N3O3S. The molecule has 3 rings (SSSR count). The van der Waals surface area contributed by atoms with Gasteiger partial charge in [0.15, 0.2) is 0 Å². The van der Waals surface area contributed by atoms with E-state index in [1.807, 2.05) is 36.4 Å². The standard InChI is InChI=1S/C22H17N3O3S/c1-2-28-22(27)19-18(16-8-4-3-5-9-16)14-29-21(19)25-20(26)17(12-23)11-15-7-6-10-24-13-15/h3-11,13-14H,2H2,1H3,(H,25,26)/b17-11+. The molecule has 7 heteroatoms. The molecule has 2 aromatic heterocycles. The Labute approximate surface area is 172 Å². The van der Waals surface area contributed by atoms with Gasteiger partial charge in [-0.2, -0.15) is 5.26 Å². The molecule has 3 aromatic rings. The Morgan fingerprint density at radius 3 is 2.69 bits per heavy atom. The molecule has 0 saturated carbocycles. The highest BCUT2D eigenvalue weighted by Crippen LogP contribution is 2.36. The summed E-state index contributed by atoms with van der Waals surface area (Å²) >= 11 is 1.21. The van der Waals surface area contributed by atoms with Crippen LogP contribution in [0.15, 0.2) is 65.8 Å². The summed E-state index contributed by atoms with van der Waals surface area (Å²) in [6.45, 7) is 1.93. The first-order chi connectivity index (χ1) is 14.1. The van der Waals surface area contributed by atoms with Crippen LogP contribution in [0.4, 0.5) is 5.00 Å². The van der Waals surface area contributed by atoms with Crippen molar-refractivity contribution in [1.82, 2.24) is 4.98 Å². The lowest BCUT2D eigenvalue weighted by molar-refractivity contribution is -0.112. The number of hydrogen-bond donors (Lipinski definition) is 1. The molecule has 0 aliphatic heterocycles. The predicted molar refractivity (Wildman–Crippen MR) is 112 cm³/mol. The van der Waals surface area contributed by atoms with Crippen LogP contribution in [0.1, 0.15) is 22.8 Å². The molecule has 29 heavy (non-hydrogen) atoms. The van der Waals surface area contributed by atoms with E-state index in [4.69, 9.17) is 4.74 Å². The second kappa shape index (κ2) is 9.44. The lowest BCUT2D eigenvalue weighted by Gasteiger charge is -2.08. The predicted octanol–water partition coefficient (Wildman–Crippen LogP) is 4.53. The number of ether oxygens (including phenoxy) is 1. The fraction of sp³-hybridized carbons (Fsp3) is 0.0909. The smallest absolute Gasteiger partial charge is 0.341 e. The van der Waals surface area contributed by atoms with Gasteiger partial charge in [0.25, 0.3) is 5.91 Å². The van der Waals surface area contributed by atoms with E-state index in [0.717, 1.165) is 5.56 Å². The molecule has 2 heterocycles. The molecular weight excluding hydrogens is 386 g/mol. The Morgan fingerprint density at radius 1 is 1.24 bits per heavy atom. The maximum atomic E-state index is 12.7. The molecule has 0 aliphatic rings. The zero-order valence-electron chi connectivity index (χ0n) is 15.6. The summed E-state index contributed by atoms with van der Waals surface area (Å²) in [7, 11) is 0. The van der Waals surface area contributed by atoms with E-state index in [1.54, 1.807) is 36.8 Å². The number of nitriles is 1. The van der Waals surface area contributed by atoms with Crippen molar-refractivity contribution in [3.05, 3.63) is 76.9 Å². The molecule has 0 aliphatic carbocycles. The van der Waals surface area contributed by atoms with Crippen molar-refractivity contribution in [3.8, 4) is 17.2 Å². The molecule has 0 bridgehead atoms. The van der Waals surface area contributed by atoms with Gasteiger partial charge in [0, 0.05) is 23.3 Å². The monoisotopic (exact) mass is 403 g/mol. The normalized spacial score (nSPS) is 10.8. The second-order valence-electron chi connectivity index (χ2n) is 5.85. The van der Waals surface area contributed by atoms with E-state index in [-0.39, 0.29) is 17.7 Å². The van der Waals surface area contributed by atoms with Gasteiger partial charge in [-0.05, 0) is 30.2 Å². The van der Waals surface area contributed by atoms with E-state index < -0.39 is 11.9 Å². The van der Waals surface area contributed by atoms with Crippen molar-refractivity contribution in [2.24, 2.45) is 0 Å². The van der Waals surface area contributed by atoms with Crippen molar-refractivity contribution in [2.75, 3.05) is 11.9 Å². The van der Waals surface area contributed by atoms with Gasteiger partial charge in [-0.15, -0.1) is 11.3 Å². The Morgan fingerprint density at radius 2 is 2.03 bits per heavy atom. The van der Waals surface area contributed by atoms with Crippen LogP contribution < -0.4 is 5.32 Å². The molecule has 0 radical (unpaired) electrons. The summed E-state index contributed by atoms with van der Waals surface area (Å²) in [5.74, 6) is -1.14. The topological polar surface area (TPSA) is 92.1 Å². The van der Waals surface area contributed by atoms with E-state index in [0.29, 0.717) is 16.1 Å². The Hall–Kier alpha value is -3.76. The summed E-state index contributed by atoms with van der Waals surface area (Å²) in [5.41, 5.74) is 2.30. The third kappa shape index (κ3) is 4.75. The number of thiophene rings is 1. The zero-order chi connectivity index (χ0) is 20.6. The van der Waals surface area contributed by atoms with Crippen molar-refractivity contribution in [1.29, 1.82) is 5.26 Å². The van der Waals surface area contributed by atoms with E-state index in [1.165, 1.54) is 17.4 Å². The van der Waals surface area contributed by atoms with Crippen molar-refractivity contribution in [3.63, 3.8) is 0 Å². The number of carbonyl (C=O) groups excluding carboxylic acids is 2. The number of carbonyl (C=O) groups is 2. The highest BCUT2D eigenvalue weighted by atomic mass is 32.1. The Kier molecular flexibility index (Phi) is 6.51. The lowest BCUT2D eigenvalue weighted by Crippen LogP contribution is -2.16. The fourth-order valence-electron chi connectivity index (χ4n) is 2.63. The average molecular weight is 403 g/mol. The molecule has 1 amide bonds. The number of nitrogens with zero attached hydrogens (tertiary/aromatic N) is 2. The fourth-order valence-corrected chi connectivity index (χ4v) is 3.59. The summed E-state index contributed by atoms with van der Waals surface area (Å²) in [6.07, 6.45) is 4.59.